The first-order valence-corrected chi connectivity index (χ1v) is 8.20. The van der Waals surface area contributed by atoms with Crippen molar-refractivity contribution < 1.29 is 9.90 Å². The van der Waals surface area contributed by atoms with E-state index < -0.39 is 5.97 Å². The van der Waals surface area contributed by atoms with E-state index in [4.69, 9.17) is 10.8 Å². The van der Waals surface area contributed by atoms with Gasteiger partial charge in [0.15, 0.2) is 0 Å². The van der Waals surface area contributed by atoms with Crippen molar-refractivity contribution in [3.05, 3.63) is 65.1 Å². The minimum Gasteiger partial charge on any atom is -0.481 e. The van der Waals surface area contributed by atoms with Gasteiger partial charge in [0.2, 0.25) is 0 Å². The lowest BCUT2D eigenvalue weighted by Gasteiger charge is -2.06. The van der Waals surface area contributed by atoms with Gasteiger partial charge < -0.3 is 20.8 Å². The summed E-state index contributed by atoms with van der Waals surface area (Å²) in [5.74, 6) is -0.745. The van der Waals surface area contributed by atoms with Crippen LogP contribution >= 0.6 is 0 Å². The van der Waals surface area contributed by atoms with E-state index in [1.165, 1.54) is 0 Å². The summed E-state index contributed by atoms with van der Waals surface area (Å²) in [4.78, 5) is 27.2. The largest absolute Gasteiger partial charge is 0.481 e. The lowest BCUT2D eigenvalue weighted by atomic mass is 10.0. The molecule has 0 unspecified atom stereocenters. The maximum absolute atomic E-state index is 12.0. The van der Waals surface area contributed by atoms with Crippen molar-refractivity contribution in [3.63, 3.8) is 0 Å². The molecule has 0 aliphatic carbocycles. The second kappa shape index (κ2) is 7.14. The van der Waals surface area contributed by atoms with Crippen molar-refractivity contribution in [2.75, 3.05) is 5.73 Å². The van der Waals surface area contributed by atoms with E-state index in [0.29, 0.717) is 5.52 Å². The smallest absolute Gasteiger partial charge is 0.303 e. The van der Waals surface area contributed by atoms with Crippen LogP contribution in [0, 0.1) is 0 Å². The van der Waals surface area contributed by atoms with Crippen LogP contribution < -0.4 is 11.3 Å². The van der Waals surface area contributed by atoms with Crippen molar-refractivity contribution in [2.24, 2.45) is 0 Å². The first-order chi connectivity index (χ1) is 12.5. The van der Waals surface area contributed by atoms with Crippen LogP contribution in [-0.4, -0.2) is 21.0 Å². The average molecular weight is 349 g/mol. The lowest BCUT2D eigenvalue weighted by Crippen LogP contribution is -2.05. The number of aliphatic carboxylic acids is 1. The molecule has 0 atom stereocenters. The molecule has 6 heteroatoms. The second-order valence-corrected chi connectivity index (χ2v) is 5.85. The van der Waals surface area contributed by atoms with Gasteiger partial charge in [-0.15, -0.1) is 0 Å². The SMILES string of the molecule is CCC(=O)O.Nc1cccc(-c2ccc3[nH]c(=O)c4[nH]ccc4c3c2)c1. The third kappa shape index (κ3) is 3.44. The van der Waals surface area contributed by atoms with Gasteiger partial charge in [0.05, 0.1) is 0 Å². The van der Waals surface area contributed by atoms with Crippen LogP contribution in [0.5, 0.6) is 0 Å². The standard InChI is InChI=1S/C17H13N3O.C3H6O2/c18-12-3-1-2-10(8-12)11-4-5-15-14(9-11)13-6-7-19-16(13)17(21)20-15;1-2-3(4)5/h1-9,19H,18H2,(H,20,21);2H2,1H3,(H,4,5). The molecule has 0 spiro atoms. The van der Waals surface area contributed by atoms with Gasteiger partial charge in [0.25, 0.3) is 5.56 Å². The molecule has 4 aromatic rings. The molecule has 0 aliphatic heterocycles. The van der Waals surface area contributed by atoms with Crippen LogP contribution in [0.15, 0.2) is 59.5 Å². The number of benzene rings is 2. The van der Waals surface area contributed by atoms with Gasteiger partial charge >= 0.3 is 5.97 Å². The van der Waals surface area contributed by atoms with Crippen molar-refractivity contribution in [1.82, 2.24) is 9.97 Å². The van der Waals surface area contributed by atoms with Gasteiger partial charge in [-0.25, -0.2) is 0 Å². The van der Waals surface area contributed by atoms with Crippen LogP contribution in [0.3, 0.4) is 0 Å². The Bertz CT molecular complexity index is 1140. The molecule has 6 nitrogen and oxygen atoms in total. The molecule has 2 aromatic carbocycles. The number of fused-ring (bicyclic) bond motifs is 3. The summed E-state index contributed by atoms with van der Waals surface area (Å²) in [5, 5.41) is 9.67. The number of nitrogens with two attached hydrogens (primary N) is 1. The second-order valence-electron chi connectivity index (χ2n) is 5.85. The number of anilines is 1. The third-order valence-corrected chi connectivity index (χ3v) is 4.05. The molecule has 0 amide bonds. The van der Waals surface area contributed by atoms with Crippen molar-refractivity contribution in [3.8, 4) is 11.1 Å². The van der Waals surface area contributed by atoms with E-state index in [9.17, 15) is 9.59 Å². The zero-order valence-corrected chi connectivity index (χ0v) is 14.2. The summed E-state index contributed by atoms with van der Waals surface area (Å²) < 4.78 is 0. The Morgan fingerprint density at radius 3 is 2.50 bits per heavy atom. The summed E-state index contributed by atoms with van der Waals surface area (Å²) in [6.45, 7) is 1.60. The molecule has 0 bridgehead atoms. The minimum absolute atomic E-state index is 0.0980. The van der Waals surface area contributed by atoms with Crippen LogP contribution in [0.1, 0.15) is 13.3 Å². The molecule has 26 heavy (non-hydrogen) atoms. The molecular weight excluding hydrogens is 330 g/mol. The fourth-order valence-corrected chi connectivity index (χ4v) is 2.74. The number of H-pyrrole nitrogens is 2. The van der Waals surface area contributed by atoms with Gasteiger partial charge in [-0.1, -0.05) is 25.1 Å². The fourth-order valence-electron chi connectivity index (χ4n) is 2.74. The van der Waals surface area contributed by atoms with Gasteiger partial charge in [0.1, 0.15) is 5.52 Å². The fraction of sp³-hybridized carbons (Fsp3) is 0.100. The number of aromatic nitrogens is 2. The number of carboxylic acids is 1. The van der Waals surface area contributed by atoms with E-state index in [-0.39, 0.29) is 12.0 Å². The summed E-state index contributed by atoms with van der Waals surface area (Å²) in [6, 6.07) is 15.7. The Morgan fingerprint density at radius 2 is 1.81 bits per heavy atom. The normalized spacial score (nSPS) is 10.5. The maximum Gasteiger partial charge on any atom is 0.303 e. The summed E-state index contributed by atoms with van der Waals surface area (Å²) in [5.41, 5.74) is 10.1. The molecule has 132 valence electrons. The van der Waals surface area contributed by atoms with E-state index >= 15 is 0 Å². The highest BCUT2D eigenvalue weighted by atomic mass is 16.4. The van der Waals surface area contributed by atoms with Gasteiger partial charge in [0, 0.05) is 34.6 Å². The van der Waals surface area contributed by atoms with Crippen molar-refractivity contribution >= 4 is 33.5 Å². The summed E-state index contributed by atoms with van der Waals surface area (Å²) in [7, 11) is 0. The Balaban J connectivity index is 0.000000349. The van der Waals surface area contributed by atoms with Crippen molar-refractivity contribution in [2.45, 2.75) is 13.3 Å². The molecule has 0 radical (unpaired) electrons. The highest BCUT2D eigenvalue weighted by Gasteiger charge is 2.07. The number of carbonyl (C=O) groups is 1. The number of nitrogens with one attached hydrogen (secondary N) is 2. The Kier molecular flexibility index (Phi) is 4.75. The molecule has 0 saturated heterocycles. The highest BCUT2D eigenvalue weighted by Crippen LogP contribution is 2.28. The molecule has 0 saturated carbocycles. The third-order valence-electron chi connectivity index (χ3n) is 4.05. The number of pyridine rings is 1. The quantitative estimate of drug-likeness (QED) is 0.413. The number of aromatic amines is 2. The van der Waals surface area contributed by atoms with Gasteiger partial charge in [-0.05, 0) is 41.5 Å². The zero-order chi connectivity index (χ0) is 18.7. The number of hydrogen-bond acceptors (Lipinski definition) is 3. The van der Waals surface area contributed by atoms with Gasteiger partial charge in [-0.2, -0.15) is 0 Å². The Hall–Kier alpha value is -3.54. The summed E-state index contributed by atoms with van der Waals surface area (Å²) in [6.07, 6.45) is 2.01. The monoisotopic (exact) mass is 349 g/mol. The number of nitrogen functional groups attached to an aromatic ring is 1. The predicted molar refractivity (Wildman–Crippen MR) is 104 cm³/mol. The van der Waals surface area contributed by atoms with E-state index in [1.54, 1.807) is 13.1 Å². The van der Waals surface area contributed by atoms with Crippen LogP contribution in [0.4, 0.5) is 5.69 Å². The Morgan fingerprint density at radius 1 is 1.08 bits per heavy atom. The summed E-state index contributed by atoms with van der Waals surface area (Å²) >= 11 is 0. The molecule has 0 aliphatic rings. The number of hydrogen-bond donors (Lipinski definition) is 4. The first-order valence-electron chi connectivity index (χ1n) is 8.20. The van der Waals surface area contributed by atoms with Gasteiger partial charge in [-0.3, -0.25) is 9.59 Å². The molecule has 0 fully saturated rings. The predicted octanol–water partition coefficient (Wildman–Crippen LogP) is 3.74. The van der Waals surface area contributed by atoms with Crippen molar-refractivity contribution in [1.29, 1.82) is 0 Å². The molecule has 2 aromatic heterocycles. The van der Waals surface area contributed by atoms with Crippen LogP contribution in [0.25, 0.3) is 32.9 Å². The van der Waals surface area contributed by atoms with Crippen LogP contribution in [0.2, 0.25) is 0 Å². The highest BCUT2D eigenvalue weighted by molar-refractivity contribution is 6.05. The molecule has 2 heterocycles. The van der Waals surface area contributed by atoms with Crippen LogP contribution in [-0.2, 0) is 4.79 Å². The molecule has 5 N–H and O–H groups in total. The average Bonchev–Trinajstić information content (AvgIpc) is 3.13. The Labute approximate surface area is 149 Å². The van der Waals surface area contributed by atoms with E-state index in [2.05, 4.69) is 16.0 Å². The lowest BCUT2D eigenvalue weighted by molar-refractivity contribution is -0.136. The number of carboxylic acid groups (broad SMARTS) is 1. The van der Waals surface area contributed by atoms with E-state index in [0.717, 1.165) is 33.1 Å². The maximum atomic E-state index is 12.0. The minimum atomic E-state index is -0.745. The molecule has 4 rings (SSSR count). The first kappa shape index (κ1) is 17.3. The number of rotatable bonds is 2. The topological polar surface area (TPSA) is 112 Å². The molecular formula is C20H19N3O3. The van der Waals surface area contributed by atoms with E-state index in [1.807, 2.05) is 42.5 Å². The zero-order valence-electron chi connectivity index (χ0n) is 14.2.